The first-order valence-electron chi connectivity index (χ1n) is 9.35. The number of rotatable bonds is 4. The van der Waals surface area contributed by atoms with E-state index >= 15 is 0 Å². The summed E-state index contributed by atoms with van der Waals surface area (Å²) in [7, 11) is 0. The maximum Gasteiger partial charge on any atom is 0.326 e. The van der Waals surface area contributed by atoms with Crippen LogP contribution >= 0.6 is 0 Å². The van der Waals surface area contributed by atoms with Crippen molar-refractivity contribution in [3.05, 3.63) is 34.7 Å². The van der Waals surface area contributed by atoms with Gasteiger partial charge in [0.25, 0.3) is 0 Å². The van der Waals surface area contributed by atoms with Crippen molar-refractivity contribution in [2.45, 2.75) is 38.1 Å². The third-order valence-electron chi connectivity index (χ3n) is 5.51. The van der Waals surface area contributed by atoms with Crippen molar-refractivity contribution in [2.24, 2.45) is 0 Å². The number of benzene rings is 1. The molecular weight excluding hydrogens is 348 g/mol. The van der Waals surface area contributed by atoms with Gasteiger partial charge in [0.2, 0.25) is 17.7 Å². The molecule has 0 unspecified atom stereocenters. The molecule has 8 nitrogen and oxygen atoms in total. The largest absolute Gasteiger partial charge is 0.342 e. The van der Waals surface area contributed by atoms with Crippen LogP contribution in [0.4, 0.5) is 0 Å². The number of amides is 3. The van der Waals surface area contributed by atoms with Gasteiger partial charge in [-0.2, -0.15) is 0 Å². The predicted molar refractivity (Wildman–Crippen MR) is 98.0 cm³/mol. The van der Waals surface area contributed by atoms with E-state index in [1.807, 2.05) is 24.3 Å². The highest BCUT2D eigenvalue weighted by molar-refractivity contribution is 6.02. The second kappa shape index (κ2) is 7.02. The molecule has 2 fully saturated rings. The maximum absolute atomic E-state index is 12.4. The number of nitrogens with one attached hydrogen (secondary N) is 1. The molecule has 2 aliphatic rings. The lowest BCUT2D eigenvalue weighted by atomic mass is 10.0. The molecule has 0 bridgehead atoms. The number of carbonyl (C=O) groups is 3. The highest BCUT2D eigenvalue weighted by Gasteiger charge is 2.30. The van der Waals surface area contributed by atoms with Gasteiger partial charge < -0.3 is 9.88 Å². The standard InChI is InChI=1S/C19H22N4O4/c24-16(9-12-22-17(25)5-6-18(22)26)21-10-7-13(8-11-21)23-15-4-2-1-3-14(15)20-19(23)27/h1-4,13H,5-12H2,(H,20,27). The van der Waals surface area contributed by atoms with E-state index in [9.17, 15) is 19.2 Å². The molecule has 1 aromatic carbocycles. The van der Waals surface area contributed by atoms with Crippen molar-refractivity contribution < 1.29 is 14.4 Å². The average Bonchev–Trinajstić information content (AvgIpc) is 3.18. The van der Waals surface area contributed by atoms with Crippen LogP contribution in [0.5, 0.6) is 0 Å². The van der Waals surface area contributed by atoms with Crippen molar-refractivity contribution in [1.29, 1.82) is 0 Å². The Hall–Kier alpha value is -2.90. The molecule has 0 aliphatic carbocycles. The zero-order chi connectivity index (χ0) is 19.0. The number of nitrogens with zero attached hydrogens (tertiary/aromatic N) is 3. The number of aromatic nitrogens is 2. The molecule has 0 saturated carbocycles. The number of imide groups is 1. The lowest BCUT2D eigenvalue weighted by Gasteiger charge is -2.33. The number of para-hydroxylation sites is 2. The van der Waals surface area contributed by atoms with Crippen LogP contribution < -0.4 is 5.69 Å². The summed E-state index contributed by atoms with van der Waals surface area (Å²) in [6, 6.07) is 7.66. The number of piperidine rings is 1. The molecule has 142 valence electrons. The minimum Gasteiger partial charge on any atom is -0.342 e. The zero-order valence-electron chi connectivity index (χ0n) is 15.0. The monoisotopic (exact) mass is 370 g/mol. The van der Waals surface area contributed by atoms with Crippen LogP contribution in [0, 0.1) is 0 Å². The molecule has 2 saturated heterocycles. The van der Waals surface area contributed by atoms with Crippen LogP contribution in [0.3, 0.4) is 0 Å². The molecule has 0 atom stereocenters. The van der Waals surface area contributed by atoms with Gasteiger partial charge in [-0.15, -0.1) is 0 Å². The van der Waals surface area contributed by atoms with Gasteiger partial charge in [0, 0.05) is 44.9 Å². The smallest absolute Gasteiger partial charge is 0.326 e. The molecule has 3 heterocycles. The predicted octanol–water partition coefficient (Wildman–Crippen LogP) is 1.03. The summed E-state index contributed by atoms with van der Waals surface area (Å²) >= 11 is 0. The third kappa shape index (κ3) is 3.27. The van der Waals surface area contributed by atoms with E-state index in [1.165, 1.54) is 4.90 Å². The first kappa shape index (κ1) is 17.5. The maximum atomic E-state index is 12.4. The summed E-state index contributed by atoms with van der Waals surface area (Å²) in [5.74, 6) is -0.428. The third-order valence-corrected chi connectivity index (χ3v) is 5.51. The van der Waals surface area contributed by atoms with E-state index in [0.29, 0.717) is 25.9 Å². The minimum atomic E-state index is -0.190. The fourth-order valence-electron chi connectivity index (χ4n) is 4.05. The number of hydrogen-bond acceptors (Lipinski definition) is 4. The van der Waals surface area contributed by atoms with Gasteiger partial charge in [0.1, 0.15) is 0 Å². The van der Waals surface area contributed by atoms with E-state index in [2.05, 4.69) is 4.98 Å². The Kier molecular flexibility index (Phi) is 4.55. The average molecular weight is 370 g/mol. The molecule has 8 heteroatoms. The van der Waals surface area contributed by atoms with Crippen LogP contribution in [0.1, 0.15) is 38.1 Å². The van der Waals surface area contributed by atoms with E-state index in [0.717, 1.165) is 11.0 Å². The minimum absolute atomic E-state index is 0.0489. The second-order valence-corrected chi connectivity index (χ2v) is 7.12. The SMILES string of the molecule is O=C(CCN1C(=O)CCC1=O)N1CCC(n2c(=O)[nH]c3ccccc32)CC1. The fraction of sp³-hybridized carbons (Fsp3) is 0.474. The molecule has 1 aromatic heterocycles. The van der Waals surface area contributed by atoms with Crippen LogP contribution in [0.15, 0.2) is 29.1 Å². The van der Waals surface area contributed by atoms with Crippen LogP contribution in [-0.2, 0) is 14.4 Å². The molecule has 0 spiro atoms. The Labute approximate surface area is 155 Å². The summed E-state index contributed by atoms with van der Waals surface area (Å²) in [4.78, 5) is 53.9. The first-order valence-corrected chi connectivity index (χ1v) is 9.35. The number of imidazole rings is 1. The highest BCUT2D eigenvalue weighted by Crippen LogP contribution is 2.25. The molecule has 0 radical (unpaired) electrons. The van der Waals surface area contributed by atoms with Gasteiger partial charge in [-0.3, -0.25) is 23.9 Å². The molecule has 2 aromatic rings. The molecule has 2 aliphatic heterocycles. The van der Waals surface area contributed by atoms with Crippen molar-refractivity contribution in [3.63, 3.8) is 0 Å². The topological polar surface area (TPSA) is 95.5 Å². The van der Waals surface area contributed by atoms with Crippen molar-refractivity contribution in [1.82, 2.24) is 19.4 Å². The molecule has 1 N–H and O–H groups in total. The Balaban J connectivity index is 1.36. The number of likely N-dealkylation sites (tertiary alicyclic amines) is 2. The number of fused-ring (bicyclic) bond motifs is 1. The summed E-state index contributed by atoms with van der Waals surface area (Å²) in [5.41, 5.74) is 1.59. The van der Waals surface area contributed by atoms with Gasteiger partial charge >= 0.3 is 5.69 Å². The van der Waals surface area contributed by atoms with Crippen LogP contribution in [0.2, 0.25) is 0 Å². The Morgan fingerprint density at radius 2 is 1.70 bits per heavy atom. The van der Waals surface area contributed by atoms with Crippen molar-refractivity contribution >= 4 is 28.8 Å². The van der Waals surface area contributed by atoms with Gasteiger partial charge in [-0.05, 0) is 25.0 Å². The number of carbonyl (C=O) groups excluding carboxylic acids is 3. The first-order chi connectivity index (χ1) is 13.0. The Morgan fingerprint density at radius 3 is 2.41 bits per heavy atom. The fourth-order valence-corrected chi connectivity index (χ4v) is 4.05. The Bertz CT molecular complexity index is 936. The summed E-state index contributed by atoms with van der Waals surface area (Å²) < 4.78 is 1.79. The lowest BCUT2D eigenvalue weighted by Crippen LogP contribution is -2.42. The normalized spacial score (nSPS) is 18.7. The lowest BCUT2D eigenvalue weighted by molar-refractivity contribution is -0.139. The van der Waals surface area contributed by atoms with Crippen LogP contribution in [0.25, 0.3) is 11.0 Å². The summed E-state index contributed by atoms with van der Waals surface area (Å²) in [5, 5.41) is 0. The number of hydrogen-bond donors (Lipinski definition) is 1. The van der Waals surface area contributed by atoms with Gasteiger partial charge in [-0.1, -0.05) is 12.1 Å². The molecular formula is C19H22N4O4. The van der Waals surface area contributed by atoms with E-state index in [4.69, 9.17) is 0 Å². The number of aromatic amines is 1. The summed E-state index contributed by atoms with van der Waals surface area (Å²) in [6.45, 7) is 1.30. The van der Waals surface area contributed by atoms with Gasteiger partial charge in [0.15, 0.2) is 0 Å². The van der Waals surface area contributed by atoms with E-state index in [-0.39, 0.29) is 55.3 Å². The van der Waals surface area contributed by atoms with E-state index < -0.39 is 0 Å². The van der Waals surface area contributed by atoms with Gasteiger partial charge in [-0.25, -0.2) is 4.79 Å². The van der Waals surface area contributed by atoms with Crippen molar-refractivity contribution in [3.8, 4) is 0 Å². The van der Waals surface area contributed by atoms with Crippen LogP contribution in [-0.4, -0.2) is 56.7 Å². The molecule has 27 heavy (non-hydrogen) atoms. The molecule has 3 amide bonds. The van der Waals surface area contributed by atoms with Crippen molar-refractivity contribution in [2.75, 3.05) is 19.6 Å². The molecule has 4 rings (SSSR count). The van der Waals surface area contributed by atoms with Gasteiger partial charge in [0.05, 0.1) is 11.0 Å². The Morgan fingerprint density at radius 1 is 1.04 bits per heavy atom. The number of H-pyrrole nitrogens is 1. The zero-order valence-corrected chi connectivity index (χ0v) is 15.0. The van der Waals surface area contributed by atoms with E-state index in [1.54, 1.807) is 9.47 Å². The highest BCUT2D eigenvalue weighted by atomic mass is 16.2. The quantitative estimate of drug-likeness (QED) is 0.813. The second-order valence-electron chi connectivity index (χ2n) is 7.12. The summed E-state index contributed by atoms with van der Waals surface area (Å²) in [6.07, 6.45) is 2.06.